The van der Waals surface area contributed by atoms with Gasteiger partial charge in [-0.15, -0.1) is 0 Å². The average Bonchev–Trinajstić information content (AvgIpc) is 2.41. The maximum atomic E-state index is 11.7. The second-order valence-corrected chi connectivity index (χ2v) is 4.58. The Labute approximate surface area is 112 Å². The van der Waals surface area contributed by atoms with Crippen molar-refractivity contribution in [3.05, 3.63) is 41.6 Å². The maximum Gasteiger partial charge on any atom is 0.251 e. The Kier molecular flexibility index (Phi) is 2.74. The molecule has 0 unspecified atom stereocenters. The minimum Gasteiger partial charge on any atom is -0.383 e. The van der Waals surface area contributed by atoms with Crippen LogP contribution in [0.4, 0.5) is 5.82 Å². The first kappa shape index (κ1) is 11.8. The first-order chi connectivity index (χ1) is 9.15. The molecule has 2 radical (unpaired) electrons. The monoisotopic (exact) mass is 249 g/mol. The van der Waals surface area contributed by atoms with E-state index in [4.69, 9.17) is 13.6 Å². The van der Waals surface area contributed by atoms with Crippen molar-refractivity contribution in [3.63, 3.8) is 0 Å². The number of nitrogens with zero attached hydrogens (tertiary/aromatic N) is 1. The van der Waals surface area contributed by atoms with Crippen LogP contribution >= 0.6 is 0 Å². The van der Waals surface area contributed by atoms with Gasteiger partial charge in [-0.25, -0.2) is 4.98 Å². The molecule has 1 aliphatic rings. The lowest BCUT2D eigenvalue weighted by Gasteiger charge is -2.17. The fraction of sp³-hybridized carbons (Fsp3) is 0.143. The molecule has 5 heteroatoms. The van der Waals surface area contributed by atoms with E-state index in [1.807, 2.05) is 18.2 Å². The minimum atomic E-state index is -0.0218. The van der Waals surface area contributed by atoms with Crippen molar-refractivity contribution >= 4 is 25.0 Å². The summed E-state index contributed by atoms with van der Waals surface area (Å²) in [4.78, 5) is 15.7. The van der Waals surface area contributed by atoms with Gasteiger partial charge in [-0.2, -0.15) is 0 Å². The van der Waals surface area contributed by atoms with Gasteiger partial charge in [0, 0.05) is 23.9 Å². The summed E-state index contributed by atoms with van der Waals surface area (Å²) in [6.07, 6.45) is 2.36. The smallest absolute Gasteiger partial charge is 0.251 e. The van der Waals surface area contributed by atoms with Crippen LogP contribution in [0.3, 0.4) is 0 Å². The summed E-state index contributed by atoms with van der Waals surface area (Å²) < 4.78 is 0. The Morgan fingerprint density at radius 3 is 2.95 bits per heavy atom. The van der Waals surface area contributed by atoms with Gasteiger partial charge in [0.1, 0.15) is 13.7 Å². The first-order valence-electron chi connectivity index (χ1n) is 6.07. The molecule has 0 atom stereocenters. The molecule has 0 bridgehead atoms. The second kappa shape index (κ2) is 4.42. The van der Waals surface area contributed by atoms with Gasteiger partial charge < -0.3 is 11.1 Å². The minimum absolute atomic E-state index is 0.0218. The Morgan fingerprint density at radius 2 is 2.11 bits per heavy atom. The lowest BCUT2D eigenvalue weighted by atomic mass is 9.91. The van der Waals surface area contributed by atoms with E-state index in [2.05, 4.69) is 10.3 Å². The molecule has 0 spiro atoms. The van der Waals surface area contributed by atoms with Gasteiger partial charge >= 0.3 is 0 Å². The first-order valence-corrected chi connectivity index (χ1v) is 6.07. The van der Waals surface area contributed by atoms with Crippen LogP contribution in [0.2, 0.25) is 0 Å². The highest BCUT2D eigenvalue weighted by Gasteiger charge is 2.17. The van der Waals surface area contributed by atoms with Gasteiger partial charge in [-0.05, 0) is 23.6 Å². The van der Waals surface area contributed by atoms with Gasteiger partial charge in [-0.3, -0.25) is 4.79 Å². The number of benzene rings is 1. The maximum absolute atomic E-state index is 11.7. The summed E-state index contributed by atoms with van der Waals surface area (Å²) in [7, 11) is 5.74. The Balaban J connectivity index is 2.11. The second-order valence-electron chi connectivity index (χ2n) is 4.58. The van der Waals surface area contributed by atoms with Crippen LogP contribution in [0.15, 0.2) is 30.5 Å². The van der Waals surface area contributed by atoms with Crippen molar-refractivity contribution in [1.29, 1.82) is 0 Å². The number of anilines is 1. The molecule has 2 heterocycles. The summed E-state index contributed by atoms with van der Waals surface area (Å²) in [5.74, 6) is 0.417. The van der Waals surface area contributed by atoms with Gasteiger partial charge in [0.15, 0.2) is 0 Å². The summed E-state index contributed by atoms with van der Waals surface area (Å²) in [5.41, 5.74) is 9.94. The number of nitrogen functional groups attached to an aromatic ring is 1. The molecule has 0 saturated heterocycles. The highest BCUT2D eigenvalue weighted by atomic mass is 16.1. The number of nitrogens with two attached hydrogens (primary N) is 1. The molecule has 3 rings (SSSR count). The van der Waals surface area contributed by atoms with Crippen molar-refractivity contribution in [2.24, 2.45) is 0 Å². The molecule has 2 aromatic rings. The highest BCUT2D eigenvalue weighted by molar-refractivity contribution is 6.32. The molecule has 1 aliphatic heterocycles. The Morgan fingerprint density at radius 1 is 1.26 bits per heavy atom. The van der Waals surface area contributed by atoms with E-state index in [-0.39, 0.29) is 5.91 Å². The van der Waals surface area contributed by atoms with Gasteiger partial charge in [0.2, 0.25) is 0 Å². The third kappa shape index (κ3) is 2.07. The van der Waals surface area contributed by atoms with E-state index < -0.39 is 0 Å². The van der Waals surface area contributed by atoms with Gasteiger partial charge in [-0.1, -0.05) is 23.7 Å². The van der Waals surface area contributed by atoms with E-state index in [0.29, 0.717) is 17.8 Å². The predicted octanol–water partition coefficient (Wildman–Crippen LogP) is 0.410. The Hall–Kier alpha value is -2.30. The van der Waals surface area contributed by atoms with Crippen LogP contribution in [0.1, 0.15) is 15.9 Å². The van der Waals surface area contributed by atoms with Crippen molar-refractivity contribution in [2.75, 3.05) is 12.3 Å². The SMILES string of the molecule is [B]c1cnc(N)c(-c2ccc3c(c2)CCNC3=O)c1. The largest absolute Gasteiger partial charge is 0.383 e. The molecule has 1 aromatic heterocycles. The Bertz CT molecular complexity index is 670. The van der Waals surface area contributed by atoms with Crippen molar-refractivity contribution in [2.45, 2.75) is 6.42 Å². The molecule has 1 amide bonds. The van der Waals surface area contributed by atoms with Gasteiger partial charge in [0.05, 0.1) is 0 Å². The zero-order valence-corrected chi connectivity index (χ0v) is 10.3. The third-order valence-corrected chi connectivity index (χ3v) is 3.28. The molecule has 0 aliphatic carbocycles. The van der Waals surface area contributed by atoms with Crippen molar-refractivity contribution < 1.29 is 4.79 Å². The zero-order valence-electron chi connectivity index (χ0n) is 10.3. The molecule has 0 saturated carbocycles. The van der Waals surface area contributed by atoms with E-state index in [9.17, 15) is 4.79 Å². The van der Waals surface area contributed by atoms with Crippen LogP contribution in [0.5, 0.6) is 0 Å². The molecule has 3 N–H and O–H groups in total. The van der Waals surface area contributed by atoms with Gasteiger partial charge in [0.25, 0.3) is 5.91 Å². The lowest BCUT2D eigenvalue weighted by molar-refractivity contribution is 0.0946. The molecule has 92 valence electrons. The summed E-state index contributed by atoms with van der Waals surface area (Å²) in [6, 6.07) is 7.48. The summed E-state index contributed by atoms with van der Waals surface area (Å²) >= 11 is 0. The summed E-state index contributed by atoms with van der Waals surface area (Å²) in [6.45, 7) is 0.667. The predicted molar refractivity (Wildman–Crippen MR) is 75.5 cm³/mol. The number of amides is 1. The highest BCUT2D eigenvalue weighted by Crippen LogP contribution is 2.26. The number of carbonyl (C=O) groups is 1. The number of nitrogens with one attached hydrogen (secondary N) is 1. The molecular weight excluding hydrogens is 237 g/mol. The van der Waals surface area contributed by atoms with Crippen molar-refractivity contribution in [3.8, 4) is 11.1 Å². The number of rotatable bonds is 1. The number of hydrogen-bond donors (Lipinski definition) is 2. The summed E-state index contributed by atoms with van der Waals surface area (Å²) in [5, 5.41) is 2.82. The normalized spacial score (nSPS) is 13.8. The van der Waals surface area contributed by atoms with Crippen LogP contribution in [0.25, 0.3) is 11.1 Å². The fourth-order valence-corrected chi connectivity index (χ4v) is 2.32. The lowest BCUT2D eigenvalue weighted by Crippen LogP contribution is -2.31. The molecular formula is C14H12BN3O. The molecule has 19 heavy (non-hydrogen) atoms. The van der Waals surface area contributed by atoms with E-state index >= 15 is 0 Å². The number of aromatic nitrogens is 1. The van der Waals surface area contributed by atoms with Crippen LogP contribution in [-0.2, 0) is 6.42 Å². The van der Waals surface area contributed by atoms with E-state index in [1.165, 1.54) is 6.20 Å². The topological polar surface area (TPSA) is 68.0 Å². The van der Waals surface area contributed by atoms with E-state index in [1.54, 1.807) is 6.07 Å². The third-order valence-electron chi connectivity index (χ3n) is 3.28. The van der Waals surface area contributed by atoms with Crippen LogP contribution in [0, 0.1) is 0 Å². The number of hydrogen-bond acceptors (Lipinski definition) is 3. The van der Waals surface area contributed by atoms with Crippen molar-refractivity contribution in [1.82, 2.24) is 10.3 Å². The molecule has 0 fully saturated rings. The van der Waals surface area contributed by atoms with E-state index in [0.717, 1.165) is 28.7 Å². The quantitative estimate of drug-likeness (QED) is 0.719. The number of fused-ring (bicyclic) bond motifs is 1. The standard InChI is InChI=1S/C14H12BN3O/c15-10-6-12(13(16)18-7-10)8-1-2-11-9(5-8)3-4-17-14(11)19/h1-2,5-7H,3-4H2,(H2,16,18)(H,17,19). The number of pyridine rings is 1. The zero-order chi connectivity index (χ0) is 13.4. The fourth-order valence-electron chi connectivity index (χ4n) is 2.32. The molecule has 4 nitrogen and oxygen atoms in total. The molecule has 1 aromatic carbocycles. The number of carbonyl (C=O) groups excluding carboxylic acids is 1. The van der Waals surface area contributed by atoms with Crippen LogP contribution in [-0.4, -0.2) is 25.3 Å². The van der Waals surface area contributed by atoms with Crippen LogP contribution < -0.4 is 16.5 Å². The average molecular weight is 249 g/mol.